The molecule has 2 atom stereocenters. The van der Waals surface area contributed by atoms with Gasteiger partial charge < -0.3 is 19.9 Å². The second-order valence-electron chi connectivity index (χ2n) is 5.54. The first-order valence-corrected chi connectivity index (χ1v) is 7.82. The number of ether oxygens (including phenoxy) is 1. The molecule has 3 rings (SSSR count). The normalized spacial score (nSPS) is 24.2. The third-order valence-electron chi connectivity index (χ3n) is 4.21. The summed E-state index contributed by atoms with van der Waals surface area (Å²) in [7, 11) is 1.84. The highest BCUT2D eigenvalue weighted by Gasteiger charge is 2.35. The predicted molar refractivity (Wildman–Crippen MR) is 83.0 cm³/mol. The van der Waals surface area contributed by atoms with Crippen LogP contribution in [0.5, 0.6) is 0 Å². The fourth-order valence-corrected chi connectivity index (χ4v) is 3.03. The van der Waals surface area contributed by atoms with Crippen LogP contribution in [0, 0.1) is 0 Å². The molecule has 2 aliphatic rings. The van der Waals surface area contributed by atoms with Crippen molar-refractivity contribution in [3.63, 3.8) is 0 Å². The number of anilines is 3. The molecule has 7 heteroatoms. The average Bonchev–Trinajstić information content (AvgIpc) is 2.86. The van der Waals surface area contributed by atoms with Crippen molar-refractivity contribution in [3.05, 3.63) is 0 Å². The topological polar surface area (TPSA) is 66.4 Å². The monoisotopic (exact) mass is 292 g/mol. The van der Waals surface area contributed by atoms with E-state index in [4.69, 9.17) is 4.74 Å². The lowest BCUT2D eigenvalue weighted by Crippen LogP contribution is -2.43. The molecule has 21 heavy (non-hydrogen) atoms. The molecule has 2 unspecified atom stereocenters. The number of fused-ring (bicyclic) bond motifs is 2. The minimum Gasteiger partial charge on any atom is -0.371 e. The molecular formula is C14H24N6O. The third-order valence-corrected chi connectivity index (χ3v) is 4.21. The summed E-state index contributed by atoms with van der Waals surface area (Å²) >= 11 is 0. The summed E-state index contributed by atoms with van der Waals surface area (Å²) in [5.74, 6) is 2.13. The highest BCUT2D eigenvalue weighted by Crippen LogP contribution is 2.29. The number of hydrogen-bond donors (Lipinski definition) is 1. The Hall–Kier alpha value is -1.63. The van der Waals surface area contributed by atoms with Gasteiger partial charge in [0.25, 0.3) is 0 Å². The van der Waals surface area contributed by atoms with Gasteiger partial charge in [0.05, 0.1) is 12.2 Å². The second-order valence-corrected chi connectivity index (χ2v) is 5.54. The first-order valence-electron chi connectivity index (χ1n) is 7.82. The van der Waals surface area contributed by atoms with Crippen LogP contribution in [0.15, 0.2) is 0 Å². The first kappa shape index (κ1) is 14.3. The van der Waals surface area contributed by atoms with Gasteiger partial charge >= 0.3 is 0 Å². The lowest BCUT2D eigenvalue weighted by Gasteiger charge is -2.32. The van der Waals surface area contributed by atoms with Crippen LogP contribution in [0.2, 0.25) is 0 Å². The highest BCUT2D eigenvalue weighted by atomic mass is 16.5. The van der Waals surface area contributed by atoms with E-state index in [1.165, 1.54) is 0 Å². The van der Waals surface area contributed by atoms with Gasteiger partial charge in [-0.3, -0.25) is 0 Å². The van der Waals surface area contributed by atoms with Gasteiger partial charge in [-0.15, -0.1) is 0 Å². The van der Waals surface area contributed by atoms with E-state index in [1.807, 2.05) is 7.05 Å². The molecule has 2 aliphatic heterocycles. The Morgan fingerprint density at radius 2 is 1.81 bits per heavy atom. The Labute approximate surface area is 125 Å². The minimum absolute atomic E-state index is 0.329. The van der Waals surface area contributed by atoms with Crippen LogP contribution in [0.3, 0.4) is 0 Å². The Morgan fingerprint density at radius 3 is 2.38 bits per heavy atom. The number of nitrogens with zero attached hydrogens (tertiary/aromatic N) is 5. The zero-order chi connectivity index (χ0) is 14.8. The third kappa shape index (κ3) is 2.88. The molecule has 1 aromatic rings. The van der Waals surface area contributed by atoms with Gasteiger partial charge in [0, 0.05) is 33.2 Å². The van der Waals surface area contributed by atoms with Crippen molar-refractivity contribution in [2.24, 2.45) is 0 Å². The highest BCUT2D eigenvalue weighted by molar-refractivity contribution is 5.45. The smallest absolute Gasteiger partial charge is 0.232 e. The molecule has 2 bridgehead atoms. The van der Waals surface area contributed by atoms with E-state index in [2.05, 4.69) is 43.9 Å². The molecule has 0 saturated carbocycles. The van der Waals surface area contributed by atoms with E-state index in [1.54, 1.807) is 0 Å². The maximum atomic E-state index is 5.89. The summed E-state index contributed by atoms with van der Waals surface area (Å²) in [5.41, 5.74) is 0. The Morgan fingerprint density at radius 1 is 1.14 bits per heavy atom. The zero-order valence-electron chi connectivity index (χ0n) is 13.0. The van der Waals surface area contributed by atoms with Crippen LogP contribution in [0.25, 0.3) is 0 Å². The van der Waals surface area contributed by atoms with Crippen molar-refractivity contribution in [2.45, 2.75) is 38.9 Å². The number of hydrogen-bond acceptors (Lipinski definition) is 7. The molecule has 116 valence electrons. The minimum atomic E-state index is 0.329. The van der Waals surface area contributed by atoms with Crippen molar-refractivity contribution in [1.29, 1.82) is 0 Å². The molecule has 0 amide bonds. The fraction of sp³-hybridized carbons (Fsp3) is 0.786. The van der Waals surface area contributed by atoms with Crippen LogP contribution in [-0.4, -0.2) is 60.4 Å². The second kappa shape index (κ2) is 6.01. The number of aromatic nitrogens is 3. The van der Waals surface area contributed by atoms with E-state index in [0.29, 0.717) is 18.2 Å². The van der Waals surface area contributed by atoms with Gasteiger partial charge in [0.15, 0.2) is 0 Å². The van der Waals surface area contributed by atoms with E-state index < -0.39 is 0 Å². The molecule has 0 radical (unpaired) electrons. The zero-order valence-corrected chi connectivity index (χ0v) is 13.0. The standard InChI is InChI=1S/C14H24N6O/c1-4-19(5-2)13-16-12(15-3)17-14(18-13)20-8-10-6-7-11(9-20)21-10/h10-11H,4-9H2,1-3H3,(H,15,16,17,18). The van der Waals surface area contributed by atoms with E-state index in [0.717, 1.165) is 50.9 Å². The Kier molecular flexibility index (Phi) is 4.10. The Balaban J connectivity index is 1.88. The summed E-state index contributed by atoms with van der Waals surface area (Å²) in [6.07, 6.45) is 2.95. The number of nitrogens with one attached hydrogen (secondary N) is 1. The van der Waals surface area contributed by atoms with Gasteiger partial charge in [-0.25, -0.2) is 0 Å². The molecular weight excluding hydrogens is 268 g/mol. The molecule has 2 fully saturated rings. The SMILES string of the molecule is CCN(CC)c1nc(NC)nc(N2CC3CCC(C2)O3)n1. The molecule has 1 N–H and O–H groups in total. The first-order chi connectivity index (χ1) is 10.2. The summed E-state index contributed by atoms with van der Waals surface area (Å²) < 4.78 is 5.89. The maximum Gasteiger partial charge on any atom is 0.232 e. The molecule has 3 heterocycles. The molecule has 7 nitrogen and oxygen atoms in total. The molecule has 1 aromatic heterocycles. The van der Waals surface area contributed by atoms with Gasteiger partial charge in [0.2, 0.25) is 17.8 Å². The van der Waals surface area contributed by atoms with Crippen LogP contribution in [0.4, 0.5) is 17.8 Å². The number of morpholine rings is 1. The lowest BCUT2D eigenvalue weighted by atomic mass is 10.2. The summed E-state index contributed by atoms with van der Waals surface area (Å²) in [6.45, 7) is 7.75. The molecule has 0 spiro atoms. The molecule has 0 aliphatic carbocycles. The predicted octanol–water partition coefficient (Wildman–Crippen LogP) is 1.13. The van der Waals surface area contributed by atoms with Crippen LogP contribution in [-0.2, 0) is 4.74 Å². The summed E-state index contributed by atoms with van der Waals surface area (Å²) in [4.78, 5) is 18.1. The number of rotatable bonds is 5. The van der Waals surface area contributed by atoms with Crippen molar-refractivity contribution >= 4 is 17.8 Å². The van der Waals surface area contributed by atoms with Crippen molar-refractivity contribution in [3.8, 4) is 0 Å². The van der Waals surface area contributed by atoms with Crippen molar-refractivity contribution in [2.75, 3.05) is 48.3 Å². The van der Waals surface area contributed by atoms with Gasteiger partial charge in [-0.2, -0.15) is 15.0 Å². The van der Waals surface area contributed by atoms with Crippen LogP contribution in [0.1, 0.15) is 26.7 Å². The van der Waals surface area contributed by atoms with Crippen molar-refractivity contribution < 1.29 is 4.74 Å². The Bertz CT molecular complexity index is 480. The molecule has 2 saturated heterocycles. The summed E-state index contributed by atoms with van der Waals surface area (Å²) in [6, 6.07) is 0. The van der Waals surface area contributed by atoms with Crippen LogP contribution >= 0.6 is 0 Å². The maximum absolute atomic E-state index is 5.89. The van der Waals surface area contributed by atoms with Crippen molar-refractivity contribution in [1.82, 2.24) is 15.0 Å². The van der Waals surface area contributed by atoms with Gasteiger partial charge in [0.1, 0.15) is 0 Å². The summed E-state index contributed by atoms with van der Waals surface area (Å²) in [5, 5.41) is 3.04. The van der Waals surface area contributed by atoms with Crippen LogP contribution < -0.4 is 15.1 Å². The van der Waals surface area contributed by atoms with E-state index >= 15 is 0 Å². The fourth-order valence-electron chi connectivity index (χ4n) is 3.03. The van der Waals surface area contributed by atoms with Gasteiger partial charge in [-0.05, 0) is 26.7 Å². The average molecular weight is 292 g/mol. The van der Waals surface area contributed by atoms with Gasteiger partial charge in [-0.1, -0.05) is 0 Å². The largest absolute Gasteiger partial charge is 0.371 e. The van der Waals surface area contributed by atoms with E-state index in [-0.39, 0.29) is 0 Å². The van der Waals surface area contributed by atoms with E-state index in [9.17, 15) is 0 Å². The quantitative estimate of drug-likeness (QED) is 0.872. The molecule has 0 aromatic carbocycles. The lowest BCUT2D eigenvalue weighted by molar-refractivity contribution is 0.0299.